The van der Waals surface area contributed by atoms with Crippen LogP contribution in [0, 0.1) is 0 Å². The Morgan fingerprint density at radius 1 is 1.08 bits per heavy atom. The lowest BCUT2D eigenvalue weighted by atomic mass is 10.1. The van der Waals surface area contributed by atoms with E-state index in [1.54, 1.807) is 6.07 Å². The van der Waals surface area contributed by atoms with Gasteiger partial charge in [0.05, 0.1) is 6.42 Å². The van der Waals surface area contributed by atoms with Gasteiger partial charge in [-0.15, -0.1) is 10.2 Å². The maximum Gasteiger partial charge on any atom is 0.229 e. The number of carbonyl (C=O) groups excluding carboxylic acids is 1. The first-order valence-corrected chi connectivity index (χ1v) is 8.59. The maximum absolute atomic E-state index is 12.0. The van der Waals surface area contributed by atoms with Crippen LogP contribution in [0.4, 0.5) is 11.6 Å². The summed E-state index contributed by atoms with van der Waals surface area (Å²) in [5, 5.41) is 14.1. The van der Waals surface area contributed by atoms with E-state index < -0.39 is 0 Å². The van der Waals surface area contributed by atoms with Gasteiger partial charge in [0.25, 0.3) is 0 Å². The van der Waals surface area contributed by atoms with Gasteiger partial charge in [0.2, 0.25) is 5.91 Å². The van der Waals surface area contributed by atoms with Crippen molar-refractivity contribution in [3.8, 4) is 0 Å². The summed E-state index contributed by atoms with van der Waals surface area (Å²) in [6, 6.07) is 11.2. The second kappa shape index (κ2) is 9.34. The number of benzene rings is 1. The minimum Gasteiger partial charge on any atom is -0.369 e. The van der Waals surface area contributed by atoms with E-state index in [1.165, 1.54) is 0 Å². The Bertz CT molecular complexity index is 643. The Morgan fingerprint density at radius 3 is 2.38 bits per heavy atom. The molecule has 0 atom stereocenters. The third-order valence-corrected chi connectivity index (χ3v) is 3.83. The van der Waals surface area contributed by atoms with Crippen LogP contribution in [-0.2, 0) is 11.2 Å². The molecule has 0 saturated heterocycles. The fourth-order valence-corrected chi connectivity index (χ4v) is 2.34. The smallest absolute Gasteiger partial charge is 0.229 e. The van der Waals surface area contributed by atoms with E-state index in [0.29, 0.717) is 18.1 Å². The number of hydrogen-bond donors (Lipinski definition) is 2. The van der Waals surface area contributed by atoms with Crippen molar-refractivity contribution in [3.63, 3.8) is 0 Å². The van der Waals surface area contributed by atoms with Crippen LogP contribution in [0.1, 0.15) is 12.0 Å². The molecule has 0 unspecified atom stereocenters. The molecule has 0 fully saturated rings. The van der Waals surface area contributed by atoms with Gasteiger partial charge in [-0.05, 0) is 56.9 Å². The Balaban J connectivity index is 1.78. The van der Waals surface area contributed by atoms with Crippen LogP contribution in [0.2, 0.25) is 0 Å². The van der Waals surface area contributed by atoms with Gasteiger partial charge in [-0.3, -0.25) is 4.79 Å². The van der Waals surface area contributed by atoms with Crippen LogP contribution < -0.4 is 10.6 Å². The molecule has 0 spiro atoms. The highest BCUT2D eigenvalue weighted by Gasteiger charge is 2.06. The fraction of sp³-hybridized carbons (Fsp3) is 0.353. The normalized spacial score (nSPS) is 10.7. The first kappa shape index (κ1) is 18.4. The Labute approximate surface area is 150 Å². The highest BCUT2D eigenvalue weighted by molar-refractivity contribution is 9.10. The van der Waals surface area contributed by atoms with Crippen molar-refractivity contribution >= 4 is 33.5 Å². The van der Waals surface area contributed by atoms with Crippen molar-refractivity contribution in [1.29, 1.82) is 0 Å². The minimum absolute atomic E-state index is 0.113. The summed E-state index contributed by atoms with van der Waals surface area (Å²) in [6.07, 6.45) is 1.33. The summed E-state index contributed by atoms with van der Waals surface area (Å²) in [6.45, 7) is 1.85. The molecule has 0 aliphatic carbocycles. The number of hydrogen-bond acceptors (Lipinski definition) is 5. The summed E-state index contributed by atoms with van der Waals surface area (Å²) in [5.41, 5.74) is 0.947. The standard InChI is InChI=1S/C17H22BrN5O/c1-23(2)11-3-10-19-15-8-9-16(22-21-15)20-17(24)12-13-4-6-14(18)7-5-13/h4-9H,3,10-12H2,1-2H3,(H,19,21)(H,20,22,24). The van der Waals surface area contributed by atoms with Crippen molar-refractivity contribution in [1.82, 2.24) is 15.1 Å². The zero-order valence-electron chi connectivity index (χ0n) is 13.9. The number of aromatic nitrogens is 2. The van der Waals surface area contributed by atoms with E-state index in [0.717, 1.165) is 29.5 Å². The van der Waals surface area contributed by atoms with Crippen molar-refractivity contribution < 1.29 is 4.79 Å². The van der Waals surface area contributed by atoms with Crippen LogP contribution in [0.5, 0.6) is 0 Å². The van der Waals surface area contributed by atoms with Crippen molar-refractivity contribution in [2.24, 2.45) is 0 Å². The molecule has 1 amide bonds. The number of halogens is 1. The molecule has 2 rings (SSSR count). The lowest BCUT2D eigenvalue weighted by Gasteiger charge is -2.10. The summed E-state index contributed by atoms with van der Waals surface area (Å²) in [5.74, 6) is 1.05. The lowest BCUT2D eigenvalue weighted by Crippen LogP contribution is -2.17. The number of nitrogens with zero attached hydrogens (tertiary/aromatic N) is 3. The molecule has 1 heterocycles. The largest absolute Gasteiger partial charge is 0.369 e. The summed E-state index contributed by atoms with van der Waals surface area (Å²) in [4.78, 5) is 14.2. The molecule has 24 heavy (non-hydrogen) atoms. The summed E-state index contributed by atoms with van der Waals surface area (Å²) < 4.78 is 0.992. The first-order chi connectivity index (χ1) is 11.5. The predicted octanol–water partition coefficient (Wildman–Crippen LogP) is 2.78. The average Bonchev–Trinajstić information content (AvgIpc) is 2.55. The van der Waals surface area contributed by atoms with E-state index in [9.17, 15) is 4.79 Å². The van der Waals surface area contributed by atoms with Gasteiger partial charge in [-0.25, -0.2) is 0 Å². The lowest BCUT2D eigenvalue weighted by molar-refractivity contribution is -0.115. The molecule has 1 aromatic heterocycles. The molecule has 2 N–H and O–H groups in total. The van der Waals surface area contributed by atoms with Crippen molar-refractivity contribution in [3.05, 3.63) is 46.4 Å². The number of rotatable bonds is 8. The minimum atomic E-state index is -0.113. The Morgan fingerprint density at radius 2 is 1.75 bits per heavy atom. The highest BCUT2D eigenvalue weighted by Crippen LogP contribution is 2.12. The maximum atomic E-state index is 12.0. The van der Waals surface area contributed by atoms with E-state index in [-0.39, 0.29) is 5.91 Å². The summed E-state index contributed by atoms with van der Waals surface area (Å²) in [7, 11) is 4.09. The zero-order valence-corrected chi connectivity index (χ0v) is 15.5. The van der Waals surface area contributed by atoms with Crippen LogP contribution in [-0.4, -0.2) is 48.2 Å². The molecule has 1 aromatic carbocycles. The van der Waals surface area contributed by atoms with E-state index in [2.05, 4.69) is 41.7 Å². The molecule has 7 heteroatoms. The third kappa shape index (κ3) is 6.64. The third-order valence-electron chi connectivity index (χ3n) is 3.30. The second-order valence-electron chi connectivity index (χ2n) is 5.74. The van der Waals surface area contributed by atoms with Crippen molar-refractivity contribution in [2.75, 3.05) is 37.8 Å². The number of anilines is 2. The van der Waals surface area contributed by atoms with E-state index >= 15 is 0 Å². The number of carbonyl (C=O) groups is 1. The molecular weight excluding hydrogens is 370 g/mol. The van der Waals surface area contributed by atoms with Crippen LogP contribution in [0.3, 0.4) is 0 Å². The van der Waals surface area contributed by atoms with Gasteiger partial charge < -0.3 is 15.5 Å². The van der Waals surface area contributed by atoms with Crippen molar-refractivity contribution in [2.45, 2.75) is 12.8 Å². The monoisotopic (exact) mass is 391 g/mol. The van der Waals surface area contributed by atoms with Crippen LogP contribution in [0.25, 0.3) is 0 Å². The van der Waals surface area contributed by atoms with E-state index in [4.69, 9.17) is 0 Å². The molecule has 0 saturated carbocycles. The quantitative estimate of drug-likeness (QED) is 0.677. The van der Waals surface area contributed by atoms with Gasteiger partial charge in [0.15, 0.2) is 5.82 Å². The van der Waals surface area contributed by atoms with Gasteiger partial charge in [0, 0.05) is 11.0 Å². The molecule has 0 radical (unpaired) electrons. The second-order valence-corrected chi connectivity index (χ2v) is 6.65. The predicted molar refractivity (Wildman–Crippen MR) is 100 cm³/mol. The van der Waals surface area contributed by atoms with E-state index in [1.807, 2.05) is 44.4 Å². The molecule has 128 valence electrons. The highest BCUT2D eigenvalue weighted by atomic mass is 79.9. The first-order valence-electron chi connectivity index (χ1n) is 7.79. The molecule has 0 aliphatic rings. The molecule has 6 nitrogen and oxygen atoms in total. The van der Waals surface area contributed by atoms with Gasteiger partial charge in [-0.2, -0.15) is 0 Å². The molecule has 0 bridgehead atoms. The van der Waals surface area contributed by atoms with Crippen LogP contribution >= 0.6 is 15.9 Å². The summed E-state index contributed by atoms with van der Waals surface area (Å²) >= 11 is 3.37. The van der Waals surface area contributed by atoms with Gasteiger partial charge >= 0.3 is 0 Å². The van der Waals surface area contributed by atoms with Gasteiger partial charge in [0.1, 0.15) is 5.82 Å². The molecule has 0 aliphatic heterocycles. The SMILES string of the molecule is CN(C)CCCNc1ccc(NC(=O)Cc2ccc(Br)cc2)nn1. The Kier molecular flexibility index (Phi) is 7.14. The van der Waals surface area contributed by atoms with Gasteiger partial charge in [-0.1, -0.05) is 28.1 Å². The topological polar surface area (TPSA) is 70.2 Å². The Hall–Kier alpha value is -1.99. The number of amides is 1. The fourth-order valence-electron chi connectivity index (χ4n) is 2.08. The molecule has 2 aromatic rings. The zero-order chi connectivity index (χ0) is 17.4. The average molecular weight is 392 g/mol. The number of nitrogens with one attached hydrogen (secondary N) is 2. The van der Waals surface area contributed by atoms with Crippen LogP contribution in [0.15, 0.2) is 40.9 Å². The molecular formula is C17H22BrN5O.